The number of ether oxygens (including phenoxy) is 1. The Hall–Kier alpha value is -2.66. The van der Waals surface area contributed by atoms with Crippen LogP contribution in [-0.4, -0.2) is 17.6 Å². The summed E-state index contributed by atoms with van der Waals surface area (Å²) in [5.74, 6) is -1.11. The molecule has 0 saturated carbocycles. The molecule has 0 aliphatic heterocycles. The number of rotatable bonds is 3. The maximum absolute atomic E-state index is 13.1. The maximum atomic E-state index is 13.1. The molecule has 0 unspecified atom stereocenters. The molecule has 0 spiro atoms. The molecule has 2 amide bonds. The van der Waals surface area contributed by atoms with Crippen molar-refractivity contribution in [2.45, 2.75) is 26.4 Å². The van der Waals surface area contributed by atoms with Crippen LogP contribution in [0.2, 0.25) is 5.02 Å². The van der Waals surface area contributed by atoms with Crippen LogP contribution in [-0.2, 0) is 9.53 Å². The Morgan fingerprint density at radius 1 is 1.04 bits per heavy atom. The van der Waals surface area contributed by atoms with E-state index in [9.17, 15) is 14.0 Å². The fraction of sp³-hybridized carbons (Fsp3) is 0.200. The Morgan fingerprint density at radius 3 is 2.08 bits per heavy atom. The zero-order valence-corrected chi connectivity index (χ0v) is 15.5. The number of carbonyl (C=O) groups excluding carboxylic acids is 2. The fourth-order valence-corrected chi connectivity index (χ4v) is 2.24. The second-order valence-electron chi connectivity index (χ2n) is 6.58. The molecule has 6 heteroatoms. The van der Waals surface area contributed by atoms with Crippen molar-refractivity contribution in [2.75, 3.05) is 4.90 Å². The van der Waals surface area contributed by atoms with Crippen LogP contribution in [0.1, 0.15) is 26.3 Å². The first kappa shape index (κ1) is 19.7. The second kappa shape index (κ2) is 7.70. The van der Waals surface area contributed by atoms with Crippen molar-refractivity contribution < 1.29 is 18.7 Å². The molecule has 0 aliphatic rings. The summed E-state index contributed by atoms with van der Waals surface area (Å²) >= 11 is 5.88. The first-order valence-electron chi connectivity index (χ1n) is 7.86. The van der Waals surface area contributed by atoms with Crippen molar-refractivity contribution in [1.29, 1.82) is 0 Å². The molecule has 0 fully saturated rings. The Bertz CT molecular complexity index is 824. The van der Waals surface area contributed by atoms with Crippen molar-refractivity contribution >= 4 is 34.9 Å². The van der Waals surface area contributed by atoms with E-state index in [2.05, 4.69) is 6.58 Å². The number of amides is 2. The van der Waals surface area contributed by atoms with Gasteiger partial charge in [-0.25, -0.2) is 14.1 Å². The van der Waals surface area contributed by atoms with Gasteiger partial charge in [0.05, 0.1) is 5.69 Å². The van der Waals surface area contributed by atoms with Gasteiger partial charge in [0, 0.05) is 10.6 Å². The van der Waals surface area contributed by atoms with Gasteiger partial charge in [0.25, 0.3) is 5.91 Å². The van der Waals surface area contributed by atoms with Crippen LogP contribution in [0.15, 0.2) is 55.1 Å². The third-order valence-electron chi connectivity index (χ3n) is 3.31. The maximum Gasteiger partial charge on any atom is 0.422 e. The summed E-state index contributed by atoms with van der Waals surface area (Å²) in [7, 11) is 0. The Morgan fingerprint density at radius 2 is 1.58 bits per heavy atom. The predicted molar refractivity (Wildman–Crippen MR) is 101 cm³/mol. The number of imide groups is 1. The standard InChI is InChI=1S/C20H19ClFNO3/c1-13(14-5-9-16(22)10-6-14)18(24)23(19(25)26-20(2,3)4)17-11-7-15(21)8-12-17/h5-12H,1H2,2-4H3. The molecule has 0 N–H and O–H groups in total. The number of carbonyl (C=O) groups is 2. The van der Waals surface area contributed by atoms with Crippen molar-refractivity contribution in [2.24, 2.45) is 0 Å². The van der Waals surface area contributed by atoms with Gasteiger partial charge in [-0.1, -0.05) is 30.3 Å². The van der Waals surface area contributed by atoms with Gasteiger partial charge in [0.2, 0.25) is 0 Å². The van der Waals surface area contributed by atoms with Crippen LogP contribution in [0.5, 0.6) is 0 Å². The molecule has 0 bridgehead atoms. The normalized spacial score (nSPS) is 11.0. The summed E-state index contributed by atoms with van der Waals surface area (Å²) in [6.45, 7) is 8.85. The van der Waals surface area contributed by atoms with Crippen LogP contribution in [0, 0.1) is 5.82 Å². The van der Waals surface area contributed by atoms with Gasteiger partial charge in [-0.3, -0.25) is 4.79 Å². The summed E-state index contributed by atoms with van der Waals surface area (Å²) in [4.78, 5) is 26.4. The molecule has 0 aromatic heterocycles. The topological polar surface area (TPSA) is 46.6 Å². The minimum atomic E-state index is -0.840. The number of nitrogens with zero attached hydrogens (tertiary/aromatic N) is 1. The Balaban J connectivity index is 2.40. The average Bonchev–Trinajstić information content (AvgIpc) is 2.55. The highest BCUT2D eigenvalue weighted by atomic mass is 35.5. The highest BCUT2D eigenvalue weighted by Gasteiger charge is 2.30. The molecule has 0 saturated heterocycles. The Kier molecular flexibility index (Phi) is 5.83. The smallest absolute Gasteiger partial charge is 0.422 e. The third-order valence-corrected chi connectivity index (χ3v) is 3.57. The van der Waals surface area contributed by atoms with E-state index in [1.54, 1.807) is 32.9 Å². The Labute approximate surface area is 156 Å². The van der Waals surface area contributed by atoms with Crippen LogP contribution >= 0.6 is 11.6 Å². The van der Waals surface area contributed by atoms with Crippen molar-refractivity contribution in [1.82, 2.24) is 0 Å². The zero-order chi connectivity index (χ0) is 19.5. The van der Waals surface area contributed by atoms with E-state index >= 15 is 0 Å². The lowest BCUT2D eigenvalue weighted by molar-refractivity contribution is -0.113. The minimum Gasteiger partial charge on any atom is -0.443 e. The number of anilines is 1. The van der Waals surface area contributed by atoms with Gasteiger partial charge in [-0.05, 0) is 62.7 Å². The van der Waals surface area contributed by atoms with E-state index in [1.165, 1.54) is 36.4 Å². The lowest BCUT2D eigenvalue weighted by atomic mass is 10.1. The quantitative estimate of drug-likeness (QED) is 0.669. The van der Waals surface area contributed by atoms with E-state index < -0.39 is 23.4 Å². The number of benzene rings is 2. The first-order valence-corrected chi connectivity index (χ1v) is 8.24. The lowest BCUT2D eigenvalue weighted by Gasteiger charge is -2.26. The number of halogens is 2. The number of hydrogen-bond donors (Lipinski definition) is 0. The predicted octanol–water partition coefficient (Wildman–Crippen LogP) is 5.46. The number of hydrogen-bond acceptors (Lipinski definition) is 3. The summed E-state index contributed by atoms with van der Waals surface area (Å²) in [5, 5.41) is 0.461. The van der Waals surface area contributed by atoms with Gasteiger partial charge in [-0.2, -0.15) is 0 Å². The molecule has 26 heavy (non-hydrogen) atoms. The molecular formula is C20H19ClFNO3. The SMILES string of the molecule is C=C(C(=O)N(C(=O)OC(C)(C)C)c1ccc(Cl)cc1)c1ccc(F)cc1. The highest BCUT2D eigenvalue weighted by molar-refractivity contribution is 6.33. The molecular weight excluding hydrogens is 357 g/mol. The molecule has 4 nitrogen and oxygen atoms in total. The molecule has 2 aromatic carbocycles. The van der Waals surface area contributed by atoms with E-state index in [-0.39, 0.29) is 11.3 Å². The van der Waals surface area contributed by atoms with Crippen LogP contribution in [0.4, 0.5) is 14.9 Å². The van der Waals surface area contributed by atoms with Gasteiger partial charge < -0.3 is 4.74 Å². The van der Waals surface area contributed by atoms with Crippen molar-refractivity contribution in [3.05, 3.63) is 71.5 Å². The molecule has 0 radical (unpaired) electrons. The van der Waals surface area contributed by atoms with Crippen molar-refractivity contribution in [3.8, 4) is 0 Å². The summed E-state index contributed by atoms with van der Waals surface area (Å²) in [6, 6.07) is 11.5. The molecule has 2 aromatic rings. The van der Waals surface area contributed by atoms with Crippen LogP contribution < -0.4 is 4.90 Å². The molecule has 136 valence electrons. The van der Waals surface area contributed by atoms with E-state index in [1.807, 2.05) is 0 Å². The van der Waals surface area contributed by atoms with Gasteiger partial charge in [0.1, 0.15) is 11.4 Å². The van der Waals surface area contributed by atoms with E-state index in [0.29, 0.717) is 10.6 Å². The van der Waals surface area contributed by atoms with Gasteiger partial charge >= 0.3 is 6.09 Å². The third kappa shape index (κ3) is 4.92. The highest BCUT2D eigenvalue weighted by Crippen LogP contribution is 2.25. The molecule has 0 heterocycles. The summed E-state index contributed by atoms with van der Waals surface area (Å²) in [5.41, 5.74) is -0.0687. The molecule has 2 rings (SSSR count). The molecule has 0 atom stereocenters. The average molecular weight is 376 g/mol. The van der Waals surface area contributed by atoms with Gasteiger partial charge in [-0.15, -0.1) is 0 Å². The first-order chi connectivity index (χ1) is 12.1. The lowest BCUT2D eigenvalue weighted by Crippen LogP contribution is -2.41. The second-order valence-corrected chi connectivity index (χ2v) is 7.02. The molecule has 0 aliphatic carbocycles. The van der Waals surface area contributed by atoms with E-state index in [0.717, 1.165) is 4.90 Å². The monoisotopic (exact) mass is 375 g/mol. The largest absolute Gasteiger partial charge is 0.443 e. The van der Waals surface area contributed by atoms with Crippen LogP contribution in [0.25, 0.3) is 5.57 Å². The minimum absolute atomic E-state index is 0.0332. The van der Waals surface area contributed by atoms with Crippen molar-refractivity contribution in [3.63, 3.8) is 0 Å². The fourth-order valence-electron chi connectivity index (χ4n) is 2.11. The van der Waals surface area contributed by atoms with E-state index in [4.69, 9.17) is 16.3 Å². The van der Waals surface area contributed by atoms with Crippen LogP contribution in [0.3, 0.4) is 0 Å². The zero-order valence-electron chi connectivity index (χ0n) is 14.8. The summed E-state index contributed by atoms with van der Waals surface area (Å²) < 4.78 is 18.5. The summed E-state index contributed by atoms with van der Waals surface area (Å²) in [6.07, 6.45) is -0.840. The van der Waals surface area contributed by atoms with Gasteiger partial charge in [0.15, 0.2) is 0 Å².